The summed E-state index contributed by atoms with van der Waals surface area (Å²) >= 11 is 3.43. The monoisotopic (exact) mass is 329 g/mol. The average molecular weight is 330 g/mol. The summed E-state index contributed by atoms with van der Waals surface area (Å²) in [6.45, 7) is 1.87. The number of aliphatic hydroxyl groups excluding tert-OH is 1. The maximum Gasteiger partial charge on any atom is 0.133 e. The van der Waals surface area contributed by atoms with Gasteiger partial charge in [-0.2, -0.15) is 0 Å². The minimum atomic E-state index is -0.537. The lowest BCUT2D eigenvalue weighted by molar-refractivity contribution is 0.0894. The zero-order valence-electron chi connectivity index (χ0n) is 11.3. The normalized spacial score (nSPS) is 20.9. The smallest absolute Gasteiger partial charge is 0.133 e. The Morgan fingerprint density at radius 3 is 2.63 bits per heavy atom. The van der Waals surface area contributed by atoms with Crippen molar-refractivity contribution in [2.75, 3.05) is 27.3 Å². The van der Waals surface area contributed by atoms with Gasteiger partial charge in [0.15, 0.2) is 0 Å². The fourth-order valence-corrected chi connectivity index (χ4v) is 3.00. The molecule has 0 amide bonds. The van der Waals surface area contributed by atoms with Gasteiger partial charge in [-0.1, -0.05) is 0 Å². The summed E-state index contributed by atoms with van der Waals surface area (Å²) in [6, 6.07) is 3.69. The molecule has 0 aromatic heterocycles. The molecule has 2 unspecified atom stereocenters. The summed E-state index contributed by atoms with van der Waals surface area (Å²) in [5, 5.41) is 13.9. The number of nitrogens with one attached hydrogen (secondary N) is 1. The molecule has 1 aromatic carbocycles. The van der Waals surface area contributed by atoms with Crippen LogP contribution in [0.5, 0.6) is 11.5 Å². The molecule has 0 radical (unpaired) electrons. The largest absolute Gasteiger partial charge is 0.496 e. The van der Waals surface area contributed by atoms with Crippen molar-refractivity contribution in [1.82, 2.24) is 5.32 Å². The quantitative estimate of drug-likeness (QED) is 0.891. The highest BCUT2D eigenvalue weighted by Crippen LogP contribution is 2.39. The number of ether oxygens (including phenoxy) is 2. The molecule has 1 heterocycles. The molecule has 0 saturated carbocycles. The van der Waals surface area contributed by atoms with E-state index < -0.39 is 6.10 Å². The van der Waals surface area contributed by atoms with Gasteiger partial charge in [-0.15, -0.1) is 0 Å². The highest BCUT2D eigenvalue weighted by molar-refractivity contribution is 9.10. The molecule has 1 fully saturated rings. The first-order chi connectivity index (χ1) is 9.17. The Morgan fingerprint density at radius 1 is 1.32 bits per heavy atom. The van der Waals surface area contributed by atoms with Gasteiger partial charge in [0.2, 0.25) is 0 Å². The molecule has 1 aromatic rings. The van der Waals surface area contributed by atoms with Crippen molar-refractivity contribution in [2.45, 2.75) is 18.9 Å². The number of rotatable bonds is 4. The molecule has 1 saturated heterocycles. The van der Waals surface area contributed by atoms with E-state index in [0.717, 1.165) is 36.0 Å². The van der Waals surface area contributed by atoms with Crippen molar-refractivity contribution >= 4 is 15.9 Å². The van der Waals surface area contributed by atoms with Crippen molar-refractivity contribution < 1.29 is 14.6 Å². The fourth-order valence-electron chi connectivity index (χ4n) is 2.52. The third-order valence-electron chi connectivity index (χ3n) is 3.60. The van der Waals surface area contributed by atoms with E-state index in [1.165, 1.54) is 0 Å². The maximum atomic E-state index is 10.6. The first kappa shape index (κ1) is 14.6. The lowest BCUT2D eigenvalue weighted by atomic mass is 9.89. The van der Waals surface area contributed by atoms with E-state index in [2.05, 4.69) is 21.2 Å². The number of methoxy groups -OCH3 is 2. The van der Waals surface area contributed by atoms with E-state index in [-0.39, 0.29) is 5.92 Å². The predicted octanol–water partition coefficient (Wildman–Crippen LogP) is 2.50. The second kappa shape index (κ2) is 6.59. The number of hydrogen-bond acceptors (Lipinski definition) is 4. The van der Waals surface area contributed by atoms with Crippen LogP contribution in [-0.2, 0) is 0 Å². The lowest BCUT2D eigenvalue weighted by Crippen LogP contribution is -2.33. The Hall–Kier alpha value is -0.780. The average Bonchev–Trinajstić information content (AvgIpc) is 2.47. The Labute approximate surface area is 122 Å². The molecule has 0 bridgehead atoms. The lowest BCUT2D eigenvalue weighted by Gasteiger charge is -2.28. The number of piperidine rings is 1. The molecule has 2 atom stereocenters. The summed E-state index contributed by atoms with van der Waals surface area (Å²) in [5.41, 5.74) is 0.788. The van der Waals surface area contributed by atoms with Crippen molar-refractivity contribution in [3.8, 4) is 11.5 Å². The Balaban J connectivity index is 2.30. The molecule has 106 valence electrons. The highest BCUT2D eigenvalue weighted by Gasteiger charge is 2.26. The van der Waals surface area contributed by atoms with E-state index in [1.54, 1.807) is 14.2 Å². The van der Waals surface area contributed by atoms with Crippen LogP contribution in [0.2, 0.25) is 0 Å². The minimum Gasteiger partial charge on any atom is -0.496 e. The van der Waals surface area contributed by atoms with E-state index >= 15 is 0 Å². The fraction of sp³-hybridized carbons (Fsp3) is 0.571. The van der Waals surface area contributed by atoms with Crippen LogP contribution < -0.4 is 14.8 Å². The topological polar surface area (TPSA) is 50.7 Å². The van der Waals surface area contributed by atoms with Gasteiger partial charge in [0.05, 0.1) is 24.8 Å². The SMILES string of the molecule is COc1cc(C(O)C2CCCNC2)c(OC)cc1Br. The predicted molar refractivity (Wildman–Crippen MR) is 77.8 cm³/mol. The van der Waals surface area contributed by atoms with E-state index in [1.807, 2.05) is 12.1 Å². The van der Waals surface area contributed by atoms with E-state index in [4.69, 9.17) is 9.47 Å². The Bertz CT molecular complexity index is 433. The number of aliphatic hydroxyl groups is 1. The molecule has 0 spiro atoms. The maximum absolute atomic E-state index is 10.6. The molecule has 1 aliphatic rings. The third kappa shape index (κ3) is 3.22. The van der Waals surface area contributed by atoms with Gasteiger partial charge < -0.3 is 19.9 Å². The van der Waals surface area contributed by atoms with Crippen molar-refractivity contribution in [1.29, 1.82) is 0 Å². The van der Waals surface area contributed by atoms with Gasteiger partial charge in [0.25, 0.3) is 0 Å². The van der Waals surface area contributed by atoms with Crippen molar-refractivity contribution in [3.63, 3.8) is 0 Å². The molecule has 5 heteroatoms. The Kier molecular flexibility index (Phi) is 5.07. The van der Waals surface area contributed by atoms with Crippen LogP contribution >= 0.6 is 15.9 Å². The Morgan fingerprint density at radius 2 is 2.05 bits per heavy atom. The van der Waals surface area contributed by atoms with Gasteiger partial charge in [-0.25, -0.2) is 0 Å². The van der Waals surface area contributed by atoms with Crippen LogP contribution in [0, 0.1) is 5.92 Å². The van der Waals surface area contributed by atoms with E-state index in [0.29, 0.717) is 11.5 Å². The molecule has 0 aliphatic carbocycles. The minimum absolute atomic E-state index is 0.216. The van der Waals surface area contributed by atoms with Crippen molar-refractivity contribution in [3.05, 3.63) is 22.2 Å². The van der Waals surface area contributed by atoms with Crippen LogP contribution in [0.3, 0.4) is 0 Å². The van der Waals surface area contributed by atoms with Gasteiger partial charge in [-0.05, 0) is 47.4 Å². The summed E-state index contributed by atoms with van der Waals surface area (Å²) in [6.07, 6.45) is 1.58. The summed E-state index contributed by atoms with van der Waals surface area (Å²) in [4.78, 5) is 0. The first-order valence-electron chi connectivity index (χ1n) is 6.47. The van der Waals surface area contributed by atoms with Crippen LogP contribution in [0.4, 0.5) is 0 Å². The zero-order valence-corrected chi connectivity index (χ0v) is 12.9. The summed E-state index contributed by atoms with van der Waals surface area (Å²) < 4.78 is 11.5. The van der Waals surface area contributed by atoms with Gasteiger partial charge in [0.1, 0.15) is 11.5 Å². The van der Waals surface area contributed by atoms with Crippen LogP contribution in [0.1, 0.15) is 24.5 Å². The molecule has 2 N–H and O–H groups in total. The highest BCUT2D eigenvalue weighted by atomic mass is 79.9. The summed E-state index contributed by atoms with van der Waals surface area (Å²) in [5.74, 6) is 1.61. The van der Waals surface area contributed by atoms with Gasteiger partial charge in [-0.3, -0.25) is 0 Å². The van der Waals surface area contributed by atoms with Crippen LogP contribution in [0.15, 0.2) is 16.6 Å². The second-order valence-corrected chi connectivity index (χ2v) is 5.63. The van der Waals surface area contributed by atoms with Gasteiger partial charge in [0, 0.05) is 18.0 Å². The molecular weight excluding hydrogens is 310 g/mol. The first-order valence-corrected chi connectivity index (χ1v) is 7.27. The van der Waals surface area contributed by atoms with Crippen LogP contribution in [-0.4, -0.2) is 32.4 Å². The van der Waals surface area contributed by atoms with E-state index in [9.17, 15) is 5.11 Å². The molecular formula is C14H20BrNO3. The standard InChI is InChI=1S/C14H20BrNO3/c1-18-12-7-11(15)13(19-2)6-10(12)14(17)9-4-3-5-16-8-9/h6-7,9,14,16-17H,3-5,8H2,1-2H3. The zero-order chi connectivity index (χ0) is 13.8. The third-order valence-corrected chi connectivity index (χ3v) is 4.22. The molecule has 4 nitrogen and oxygen atoms in total. The number of benzene rings is 1. The molecule has 1 aliphatic heterocycles. The van der Waals surface area contributed by atoms with Crippen molar-refractivity contribution in [2.24, 2.45) is 5.92 Å². The van der Waals surface area contributed by atoms with Gasteiger partial charge >= 0.3 is 0 Å². The second-order valence-electron chi connectivity index (χ2n) is 4.78. The summed E-state index contributed by atoms with van der Waals surface area (Å²) in [7, 11) is 3.23. The molecule has 2 rings (SSSR count). The number of halogens is 1. The van der Waals surface area contributed by atoms with Crippen LogP contribution in [0.25, 0.3) is 0 Å². The number of hydrogen-bond donors (Lipinski definition) is 2. The molecule has 19 heavy (non-hydrogen) atoms.